The van der Waals surface area contributed by atoms with Gasteiger partial charge in [-0.2, -0.15) is 0 Å². The molecular weight excluding hydrogens is 474 g/mol. The average Bonchev–Trinajstić information content (AvgIpc) is 3.21. The third-order valence-corrected chi connectivity index (χ3v) is 9.63. The fraction of sp³-hybridized carbons (Fsp3) is 0.231. The molecule has 0 N–H and O–H groups in total. The van der Waals surface area contributed by atoms with E-state index in [0.29, 0.717) is 0 Å². The summed E-state index contributed by atoms with van der Waals surface area (Å²) in [5.41, 5.74) is 9.20. The van der Waals surface area contributed by atoms with Crippen LogP contribution in [-0.2, 0) is 36.1 Å². The molecule has 29 heavy (non-hydrogen) atoms. The van der Waals surface area contributed by atoms with E-state index in [1.807, 2.05) is 0 Å². The van der Waals surface area contributed by atoms with E-state index < -0.39 is 23.2 Å². The molecule has 0 aromatic heterocycles. The Morgan fingerprint density at radius 3 is 1.38 bits per heavy atom. The molecule has 0 atom stereocenters. The van der Waals surface area contributed by atoms with Crippen LogP contribution >= 0.6 is 24.8 Å². The van der Waals surface area contributed by atoms with Crippen LogP contribution in [-0.4, -0.2) is 0 Å². The molecular formula is C26H28Cl2Zr. The van der Waals surface area contributed by atoms with Crippen LogP contribution in [0.3, 0.4) is 0 Å². The van der Waals surface area contributed by atoms with Crippen LogP contribution in [0.2, 0.25) is 0 Å². The molecule has 3 heteroatoms. The molecule has 0 bridgehead atoms. The van der Waals surface area contributed by atoms with E-state index in [0.717, 1.165) is 12.8 Å². The van der Waals surface area contributed by atoms with Crippen LogP contribution in [0.25, 0.3) is 0 Å². The summed E-state index contributed by atoms with van der Waals surface area (Å²) >= 11 is -0.707. The summed E-state index contributed by atoms with van der Waals surface area (Å²) in [7, 11) is 0. The van der Waals surface area contributed by atoms with E-state index in [1.54, 1.807) is 17.7 Å². The third kappa shape index (κ3) is 5.94. The maximum atomic E-state index is 2.46. The molecule has 0 heterocycles. The number of allylic oxidation sites excluding steroid dienone is 8. The summed E-state index contributed by atoms with van der Waals surface area (Å²) in [4.78, 5) is 0. The van der Waals surface area contributed by atoms with Crippen molar-refractivity contribution in [1.29, 1.82) is 0 Å². The second-order valence-corrected chi connectivity index (χ2v) is 11.1. The van der Waals surface area contributed by atoms with Crippen LogP contribution in [0.4, 0.5) is 0 Å². The second-order valence-electron chi connectivity index (χ2n) is 7.55. The molecule has 0 amide bonds. The van der Waals surface area contributed by atoms with Gasteiger partial charge < -0.3 is 0 Å². The number of rotatable bonds is 6. The van der Waals surface area contributed by atoms with Gasteiger partial charge in [0.1, 0.15) is 0 Å². The molecule has 2 aliphatic rings. The Morgan fingerprint density at radius 1 is 0.621 bits per heavy atom. The van der Waals surface area contributed by atoms with E-state index in [-0.39, 0.29) is 24.8 Å². The van der Waals surface area contributed by atoms with E-state index in [4.69, 9.17) is 0 Å². The van der Waals surface area contributed by atoms with Gasteiger partial charge in [-0.1, -0.05) is 0 Å². The van der Waals surface area contributed by atoms with Crippen LogP contribution in [0.5, 0.6) is 0 Å². The van der Waals surface area contributed by atoms with Crippen molar-refractivity contribution in [3.05, 3.63) is 113 Å². The van der Waals surface area contributed by atoms with Gasteiger partial charge in [0.05, 0.1) is 0 Å². The minimum atomic E-state index is -0.707. The van der Waals surface area contributed by atoms with Crippen molar-refractivity contribution in [3.63, 3.8) is 0 Å². The molecule has 0 fully saturated rings. The standard InChI is InChI=1S/2C13H13.2ClH.Zr/c2*1-11-6-5-9-13(11)10-12-7-3-2-4-8-12;;;/h2*2-4,6-8H,5,10H2,1H3;2*1H;. The molecule has 0 saturated carbocycles. The molecule has 0 aliphatic heterocycles. The summed E-state index contributed by atoms with van der Waals surface area (Å²) in [6.07, 6.45) is 9.52. The van der Waals surface area contributed by atoms with E-state index in [1.165, 1.54) is 35.1 Å². The van der Waals surface area contributed by atoms with Crippen molar-refractivity contribution in [3.8, 4) is 0 Å². The largest absolute Gasteiger partial charge is 0.147 e. The summed E-state index contributed by atoms with van der Waals surface area (Å²) in [6, 6.07) is 21.9. The maximum absolute atomic E-state index is 2.46. The summed E-state index contributed by atoms with van der Waals surface area (Å²) < 4.78 is 3.59. The molecule has 0 radical (unpaired) electrons. The summed E-state index contributed by atoms with van der Waals surface area (Å²) in [6.45, 7) is 4.62. The topological polar surface area (TPSA) is 0 Å². The van der Waals surface area contributed by atoms with Gasteiger partial charge in [0.2, 0.25) is 0 Å². The van der Waals surface area contributed by atoms with Crippen molar-refractivity contribution in [1.82, 2.24) is 0 Å². The zero-order valence-electron chi connectivity index (χ0n) is 17.1. The summed E-state index contributed by atoms with van der Waals surface area (Å²) in [5, 5.41) is 0. The molecule has 0 nitrogen and oxygen atoms in total. The number of hydrogen-bond acceptors (Lipinski definition) is 0. The Kier molecular flexibility index (Phi) is 9.41. The second kappa shape index (κ2) is 11.3. The zero-order valence-corrected chi connectivity index (χ0v) is 21.2. The first kappa shape index (κ1) is 24.1. The first-order valence-electron chi connectivity index (χ1n) is 9.84. The number of halogens is 2. The molecule has 0 unspecified atom stereocenters. The smallest absolute Gasteiger partial charge is 0.147 e. The Hall–Kier alpha value is -1.14. The molecule has 2 aliphatic carbocycles. The molecule has 4 rings (SSSR count). The van der Waals surface area contributed by atoms with Crippen molar-refractivity contribution >= 4 is 24.8 Å². The minimum Gasteiger partial charge on any atom is -0.147 e. The monoisotopic (exact) mass is 500 g/mol. The van der Waals surface area contributed by atoms with Gasteiger partial charge in [0.25, 0.3) is 0 Å². The Bertz CT molecular complexity index is 871. The molecule has 150 valence electrons. The van der Waals surface area contributed by atoms with Crippen molar-refractivity contribution in [2.75, 3.05) is 0 Å². The van der Waals surface area contributed by atoms with Gasteiger partial charge >= 0.3 is 176 Å². The van der Waals surface area contributed by atoms with Crippen LogP contribution in [0.15, 0.2) is 102 Å². The normalized spacial score (nSPS) is 15.5. The van der Waals surface area contributed by atoms with Gasteiger partial charge in [-0.15, -0.1) is 24.8 Å². The molecule has 0 spiro atoms. The predicted octanol–water partition coefficient (Wildman–Crippen LogP) is 7.61. The SMILES string of the molecule is CC1=CC[C]([Zr][C]2=C(Cc3ccccc3)C(C)=CC2)=C1Cc1ccccc1.Cl.Cl. The van der Waals surface area contributed by atoms with Gasteiger partial charge in [0.15, 0.2) is 0 Å². The van der Waals surface area contributed by atoms with E-state index in [9.17, 15) is 0 Å². The van der Waals surface area contributed by atoms with Crippen LogP contribution in [0, 0.1) is 0 Å². The van der Waals surface area contributed by atoms with Crippen molar-refractivity contribution in [2.24, 2.45) is 0 Å². The fourth-order valence-electron chi connectivity index (χ4n) is 4.01. The van der Waals surface area contributed by atoms with Crippen molar-refractivity contribution < 1.29 is 23.2 Å². The first-order chi connectivity index (χ1) is 13.2. The number of benzene rings is 2. The maximum Gasteiger partial charge on any atom is -0.147 e. The van der Waals surface area contributed by atoms with Crippen molar-refractivity contribution in [2.45, 2.75) is 39.5 Å². The first-order valence-corrected chi connectivity index (χ1v) is 12.3. The molecule has 2 aromatic rings. The van der Waals surface area contributed by atoms with Crippen LogP contribution in [0.1, 0.15) is 37.8 Å². The fourth-order valence-corrected chi connectivity index (χ4v) is 8.05. The van der Waals surface area contributed by atoms with Gasteiger partial charge in [-0.05, 0) is 0 Å². The Balaban J connectivity index is 0.00000150. The zero-order chi connectivity index (χ0) is 18.6. The molecule has 0 saturated heterocycles. The van der Waals surface area contributed by atoms with Crippen LogP contribution < -0.4 is 0 Å². The molecule has 2 aromatic carbocycles. The van der Waals surface area contributed by atoms with E-state index in [2.05, 4.69) is 86.7 Å². The Labute approximate surface area is 199 Å². The third-order valence-electron chi connectivity index (χ3n) is 5.65. The van der Waals surface area contributed by atoms with Gasteiger partial charge in [0, 0.05) is 0 Å². The Morgan fingerprint density at radius 2 is 1.00 bits per heavy atom. The van der Waals surface area contributed by atoms with Gasteiger partial charge in [-0.25, -0.2) is 0 Å². The average molecular weight is 503 g/mol. The quantitative estimate of drug-likeness (QED) is 0.381. The minimum absolute atomic E-state index is 0. The number of hydrogen-bond donors (Lipinski definition) is 0. The summed E-state index contributed by atoms with van der Waals surface area (Å²) in [5.74, 6) is 0. The van der Waals surface area contributed by atoms with E-state index >= 15 is 0 Å². The van der Waals surface area contributed by atoms with Gasteiger partial charge in [-0.3, -0.25) is 0 Å². The predicted molar refractivity (Wildman–Crippen MR) is 126 cm³/mol.